The molecule has 2 aromatic heterocycles. The van der Waals surface area contributed by atoms with Crippen LogP contribution in [0, 0.1) is 0 Å². The number of carbonyl (C=O) groups excluding carboxylic acids is 1. The SMILES string of the molecule is O=C(COc1ccc2ccc(=O)oc2c1)Nc1nc(-c2ccc(Cl)cc2Cl)cs1. The Hall–Kier alpha value is -2.87. The van der Waals surface area contributed by atoms with Gasteiger partial charge in [0.15, 0.2) is 11.7 Å². The minimum atomic E-state index is -0.451. The van der Waals surface area contributed by atoms with Crippen molar-refractivity contribution in [2.75, 3.05) is 11.9 Å². The average molecular weight is 447 g/mol. The fraction of sp³-hybridized carbons (Fsp3) is 0.0500. The predicted octanol–water partition coefficient (Wildman–Crippen LogP) is 5.24. The molecule has 0 aliphatic heterocycles. The van der Waals surface area contributed by atoms with Gasteiger partial charge >= 0.3 is 5.63 Å². The van der Waals surface area contributed by atoms with Crippen LogP contribution in [-0.2, 0) is 4.79 Å². The van der Waals surface area contributed by atoms with E-state index >= 15 is 0 Å². The molecule has 4 aromatic rings. The summed E-state index contributed by atoms with van der Waals surface area (Å²) in [5, 5.41) is 6.66. The van der Waals surface area contributed by atoms with Gasteiger partial charge in [-0.25, -0.2) is 9.78 Å². The molecule has 29 heavy (non-hydrogen) atoms. The summed E-state index contributed by atoms with van der Waals surface area (Å²) in [6.07, 6.45) is 0. The van der Waals surface area contributed by atoms with Crippen LogP contribution in [0.5, 0.6) is 5.75 Å². The third kappa shape index (κ3) is 4.59. The Labute approximate surface area is 178 Å². The van der Waals surface area contributed by atoms with Gasteiger partial charge in [0.1, 0.15) is 11.3 Å². The summed E-state index contributed by atoms with van der Waals surface area (Å²) >= 11 is 13.4. The largest absolute Gasteiger partial charge is 0.484 e. The summed E-state index contributed by atoms with van der Waals surface area (Å²) in [5.41, 5.74) is 1.30. The van der Waals surface area contributed by atoms with Crippen LogP contribution in [0.3, 0.4) is 0 Å². The second-order valence-electron chi connectivity index (χ2n) is 5.95. The number of benzene rings is 2. The molecule has 1 amide bonds. The van der Waals surface area contributed by atoms with E-state index in [1.165, 1.54) is 17.4 Å². The summed E-state index contributed by atoms with van der Waals surface area (Å²) in [6.45, 7) is -0.223. The number of hydrogen-bond acceptors (Lipinski definition) is 6. The first kappa shape index (κ1) is 19.4. The summed E-state index contributed by atoms with van der Waals surface area (Å²) < 4.78 is 10.6. The Bertz CT molecular complexity index is 1270. The van der Waals surface area contributed by atoms with E-state index in [9.17, 15) is 9.59 Å². The second-order valence-corrected chi connectivity index (χ2v) is 7.65. The average Bonchev–Trinajstić information content (AvgIpc) is 3.14. The molecule has 0 saturated heterocycles. The molecule has 2 aromatic carbocycles. The molecule has 0 bridgehead atoms. The lowest BCUT2D eigenvalue weighted by atomic mass is 10.2. The fourth-order valence-electron chi connectivity index (χ4n) is 2.59. The first-order valence-corrected chi connectivity index (χ1v) is 9.99. The zero-order valence-electron chi connectivity index (χ0n) is 14.6. The van der Waals surface area contributed by atoms with Gasteiger partial charge in [-0.05, 0) is 36.4 Å². The number of anilines is 1. The van der Waals surface area contributed by atoms with Gasteiger partial charge in [0, 0.05) is 33.5 Å². The van der Waals surface area contributed by atoms with Crippen molar-refractivity contribution in [3.8, 4) is 17.0 Å². The van der Waals surface area contributed by atoms with Gasteiger partial charge in [-0.2, -0.15) is 0 Å². The molecule has 4 rings (SSSR count). The number of rotatable bonds is 5. The molecule has 1 N–H and O–H groups in total. The molecule has 0 saturated carbocycles. The van der Waals surface area contributed by atoms with Crippen LogP contribution in [0.4, 0.5) is 5.13 Å². The highest BCUT2D eigenvalue weighted by atomic mass is 35.5. The lowest BCUT2D eigenvalue weighted by Gasteiger charge is -2.06. The number of halogens is 2. The van der Waals surface area contributed by atoms with Gasteiger partial charge in [-0.3, -0.25) is 10.1 Å². The van der Waals surface area contributed by atoms with Crippen molar-refractivity contribution >= 4 is 56.5 Å². The maximum Gasteiger partial charge on any atom is 0.336 e. The second kappa shape index (κ2) is 8.24. The van der Waals surface area contributed by atoms with Crippen LogP contribution in [0.15, 0.2) is 63.1 Å². The van der Waals surface area contributed by atoms with E-state index in [-0.39, 0.29) is 12.5 Å². The van der Waals surface area contributed by atoms with Crippen LogP contribution >= 0.6 is 34.5 Å². The van der Waals surface area contributed by atoms with E-state index in [1.54, 1.807) is 47.8 Å². The van der Waals surface area contributed by atoms with E-state index in [0.29, 0.717) is 32.2 Å². The monoisotopic (exact) mass is 446 g/mol. The number of carbonyl (C=O) groups is 1. The molecule has 6 nitrogen and oxygen atoms in total. The van der Waals surface area contributed by atoms with Gasteiger partial charge < -0.3 is 9.15 Å². The van der Waals surface area contributed by atoms with E-state index in [1.807, 2.05) is 0 Å². The number of ether oxygens (including phenoxy) is 1. The molecule has 0 unspecified atom stereocenters. The van der Waals surface area contributed by atoms with Crippen LogP contribution in [0.25, 0.3) is 22.2 Å². The van der Waals surface area contributed by atoms with Crippen molar-refractivity contribution in [1.29, 1.82) is 0 Å². The molecule has 0 spiro atoms. The first-order chi connectivity index (χ1) is 14.0. The number of aromatic nitrogens is 1. The molecule has 0 fully saturated rings. The molecule has 0 aliphatic rings. The Kier molecular flexibility index (Phi) is 5.53. The number of nitrogens with one attached hydrogen (secondary N) is 1. The number of nitrogens with zero attached hydrogens (tertiary/aromatic N) is 1. The van der Waals surface area contributed by atoms with Crippen LogP contribution in [-0.4, -0.2) is 17.5 Å². The van der Waals surface area contributed by atoms with Gasteiger partial charge in [0.05, 0.1) is 10.7 Å². The number of hydrogen-bond donors (Lipinski definition) is 1. The highest BCUT2D eigenvalue weighted by Crippen LogP contribution is 2.32. The summed E-state index contributed by atoms with van der Waals surface area (Å²) in [4.78, 5) is 27.9. The first-order valence-electron chi connectivity index (χ1n) is 8.35. The van der Waals surface area contributed by atoms with E-state index in [2.05, 4.69) is 10.3 Å². The molecular weight excluding hydrogens is 435 g/mol. The maximum absolute atomic E-state index is 12.2. The maximum atomic E-state index is 12.2. The standard InChI is InChI=1S/C20H12Cl2N2O4S/c21-12-3-5-14(15(22)7-12)16-10-29-20(23-16)24-18(25)9-27-13-4-1-11-2-6-19(26)28-17(11)8-13/h1-8,10H,9H2,(H,23,24,25). The lowest BCUT2D eigenvalue weighted by molar-refractivity contribution is -0.118. The number of thiazole rings is 1. The quantitative estimate of drug-likeness (QED) is 0.423. The molecule has 0 radical (unpaired) electrons. The minimum Gasteiger partial charge on any atom is -0.484 e. The molecule has 2 heterocycles. The third-order valence-electron chi connectivity index (χ3n) is 3.92. The zero-order chi connectivity index (χ0) is 20.4. The summed E-state index contributed by atoms with van der Waals surface area (Å²) in [5.74, 6) is 0.0393. The molecule has 0 atom stereocenters. The van der Waals surface area contributed by atoms with E-state index in [0.717, 1.165) is 10.9 Å². The van der Waals surface area contributed by atoms with Crippen molar-refractivity contribution in [3.05, 3.63) is 74.4 Å². The highest BCUT2D eigenvalue weighted by Gasteiger charge is 2.11. The Balaban J connectivity index is 1.40. The summed E-state index contributed by atoms with van der Waals surface area (Å²) in [7, 11) is 0. The Morgan fingerprint density at radius 2 is 1.97 bits per heavy atom. The Morgan fingerprint density at radius 1 is 1.14 bits per heavy atom. The summed E-state index contributed by atoms with van der Waals surface area (Å²) in [6, 6.07) is 13.1. The lowest BCUT2D eigenvalue weighted by Crippen LogP contribution is -2.20. The van der Waals surface area contributed by atoms with Crippen molar-refractivity contribution in [1.82, 2.24) is 4.98 Å². The van der Waals surface area contributed by atoms with Gasteiger partial charge in [-0.1, -0.05) is 23.2 Å². The van der Waals surface area contributed by atoms with Gasteiger partial charge in [-0.15, -0.1) is 11.3 Å². The normalized spacial score (nSPS) is 10.8. The van der Waals surface area contributed by atoms with Crippen molar-refractivity contribution in [2.24, 2.45) is 0 Å². The number of amides is 1. The van der Waals surface area contributed by atoms with Crippen LogP contribution in [0.2, 0.25) is 10.0 Å². The fourth-order valence-corrected chi connectivity index (χ4v) is 3.82. The topological polar surface area (TPSA) is 81.4 Å². The van der Waals surface area contributed by atoms with E-state index < -0.39 is 5.63 Å². The zero-order valence-corrected chi connectivity index (χ0v) is 17.0. The third-order valence-corrected chi connectivity index (χ3v) is 5.23. The van der Waals surface area contributed by atoms with E-state index in [4.69, 9.17) is 32.4 Å². The molecular formula is C20H12Cl2N2O4S. The number of fused-ring (bicyclic) bond motifs is 1. The van der Waals surface area contributed by atoms with Crippen molar-refractivity contribution < 1.29 is 13.9 Å². The predicted molar refractivity (Wildman–Crippen MR) is 114 cm³/mol. The minimum absolute atomic E-state index is 0.223. The van der Waals surface area contributed by atoms with Gasteiger partial charge in [0.25, 0.3) is 5.91 Å². The smallest absolute Gasteiger partial charge is 0.336 e. The molecule has 9 heteroatoms. The molecule has 0 aliphatic carbocycles. The van der Waals surface area contributed by atoms with Crippen molar-refractivity contribution in [3.63, 3.8) is 0 Å². The molecule has 146 valence electrons. The van der Waals surface area contributed by atoms with Gasteiger partial charge in [0.2, 0.25) is 0 Å². The van der Waals surface area contributed by atoms with Crippen molar-refractivity contribution in [2.45, 2.75) is 0 Å². The highest BCUT2D eigenvalue weighted by molar-refractivity contribution is 7.14. The van der Waals surface area contributed by atoms with Crippen LogP contribution < -0.4 is 15.7 Å². The Morgan fingerprint density at radius 3 is 2.79 bits per heavy atom. The van der Waals surface area contributed by atoms with Crippen LogP contribution in [0.1, 0.15) is 0 Å².